The summed E-state index contributed by atoms with van der Waals surface area (Å²) in [5.74, 6) is -1.56. The molecular weight excluding hydrogens is 208 g/mol. The fraction of sp³-hybridized carbons (Fsp3) is 0.833. The summed E-state index contributed by atoms with van der Waals surface area (Å²) in [7, 11) is 0. The first-order valence-electron chi connectivity index (χ1n) is 5.74. The van der Waals surface area contributed by atoms with E-state index in [-0.39, 0.29) is 18.3 Å². The van der Waals surface area contributed by atoms with Crippen LogP contribution in [0, 0.1) is 11.8 Å². The summed E-state index contributed by atoms with van der Waals surface area (Å²) >= 11 is 0. The van der Waals surface area contributed by atoms with Gasteiger partial charge >= 0.3 is 11.9 Å². The van der Waals surface area contributed by atoms with Crippen LogP contribution < -0.4 is 0 Å². The van der Waals surface area contributed by atoms with Crippen LogP contribution in [0.4, 0.5) is 0 Å². The van der Waals surface area contributed by atoms with E-state index in [0.29, 0.717) is 0 Å². The molecule has 4 heteroatoms. The highest BCUT2D eigenvalue weighted by Crippen LogP contribution is 2.36. The van der Waals surface area contributed by atoms with Gasteiger partial charge in [0, 0.05) is 0 Å². The number of carboxylic acids is 1. The lowest BCUT2D eigenvalue weighted by atomic mass is 9.74. The largest absolute Gasteiger partial charge is 0.481 e. The Hall–Kier alpha value is -1.06. The van der Waals surface area contributed by atoms with E-state index in [9.17, 15) is 9.59 Å². The van der Waals surface area contributed by atoms with E-state index in [1.807, 2.05) is 0 Å². The third kappa shape index (κ3) is 3.83. The van der Waals surface area contributed by atoms with E-state index >= 15 is 0 Å². The van der Waals surface area contributed by atoms with Crippen molar-refractivity contribution in [3.8, 4) is 0 Å². The summed E-state index contributed by atoms with van der Waals surface area (Å²) in [6.45, 7) is 5.39. The molecule has 92 valence electrons. The molecule has 1 atom stereocenters. The molecule has 0 heterocycles. The van der Waals surface area contributed by atoms with Crippen molar-refractivity contribution in [1.29, 1.82) is 0 Å². The Morgan fingerprint density at radius 1 is 1.38 bits per heavy atom. The van der Waals surface area contributed by atoms with Crippen molar-refractivity contribution in [3.05, 3.63) is 0 Å². The molecule has 0 radical (unpaired) electrons. The Labute approximate surface area is 96.0 Å². The average molecular weight is 228 g/mol. The van der Waals surface area contributed by atoms with E-state index in [4.69, 9.17) is 9.84 Å². The smallest absolute Gasteiger partial charge is 0.310 e. The minimum absolute atomic E-state index is 0.112. The molecule has 1 saturated carbocycles. The number of carbonyl (C=O) groups excluding carboxylic acids is 1. The number of rotatable bonds is 4. The molecule has 1 aliphatic carbocycles. The number of carboxylic acid groups (broad SMARTS) is 1. The molecule has 1 aliphatic rings. The molecule has 0 aromatic heterocycles. The van der Waals surface area contributed by atoms with Crippen LogP contribution in [0.25, 0.3) is 0 Å². The fourth-order valence-corrected chi connectivity index (χ4v) is 1.85. The summed E-state index contributed by atoms with van der Waals surface area (Å²) in [5, 5.41) is 8.79. The molecule has 1 unspecified atom stereocenters. The van der Waals surface area contributed by atoms with Crippen LogP contribution in [0.1, 0.15) is 46.5 Å². The molecular formula is C12H20O4. The van der Waals surface area contributed by atoms with Gasteiger partial charge in [0.05, 0.1) is 12.3 Å². The third-order valence-corrected chi connectivity index (χ3v) is 2.82. The molecule has 16 heavy (non-hydrogen) atoms. The highest BCUT2D eigenvalue weighted by atomic mass is 16.6. The lowest BCUT2D eigenvalue weighted by molar-refractivity contribution is -0.166. The van der Waals surface area contributed by atoms with Gasteiger partial charge < -0.3 is 9.84 Å². The summed E-state index contributed by atoms with van der Waals surface area (Å²) in [6, 6.07) is 0. The van der Waals surface area contributed by atoms with Gasteiger partial charge in [-0.25, -0.2) is 0 Å². The summed E-state index contributed by atoms with van der Waals surface area (Å²) in [6.07, 6.45) is 2.86. The van der Waals surface area contributed by atoms with Gasteiger partial charge in [-0.3, -0.25) is 9.59 Å². The van der Waals surface area contributed by atoms with Crippen LogP contribution in [-0.2, 0) is 14.3 Å². The molecule has 1 N–H and O–H groups in total. The van der Waals surface area contributed by atoms with E-state index in [2.05, 4.69) is 0 Å². The molecule has 0 bridgehead atoms. The maximum Gasteiger partial charge on any atom is 0.310 e. The van der Waals surface area contributed by atoms with Crippen molar-refractivity contribution >= 4 is 11.9 Å². The summed E-state index contributed by atoms with van der Waals surface area (Å²) in [4.78, 5) is 22.6. The second-order valence-corrected chi connectivity index (χ2v) is 5.43. The molecule has 1 fully saturated rings. The van der Waals surface area contributed by atoms with Crippen LogP contribution >= 0.6 is 0 Å². The van der Waals surface area contributed by atoms with Gasteiger partial charge in [0.2, 0.25) is 0 Å². The number of ether oxygens (including phenoxy) is 1. The van der Waals surface area contributed by atoms with Gasteiger partial charge in [-0.15, -0.1) is 0 Å². The van der Waals surface area contributed by atoms with Crippen LogP contribution in [-0.4, -0.2) is 22.6 Å². The number of esters is 1. The van der Waals surface area contributed by atoms with Crippen molar-refractivity contribution in [1.82, 2.24) is 0 Å². The first kappa shape index (κ1) is 13.0. The summed E-state index contributed by atoms with van der Waals surface area (Å²) < 4.78 is 5.26. The van der Waals surface area contributed by atoms with Gasteiger partial charge in [0.25, 0.3) is 0 Å². The lowest BCUT2D eigenvalue weighted by Crippen LogP contribution is -2.36. The lowest BCUT2D eigenvalue weighted by Gasteiger charge is -2.33. The number of hydrogen-bond acceptors (Lipinski definition) is 3. The average Bonchev–Trinajstić information content (AvgIpc) is 1.95. The molecule has 0 amide bonds. The van der Waals surface area contributed by atoms with Crippen LogP contribution in [0.3, 0.4) is 0 Å². The Balaban J connectivity index is 2.60. The third-order valence-electron chi connectivity index (χ3n) is 2.82. The fourth-order valence-electron chi connectivity index (χ4n) is 1.85. The second kappa shape index (κ2) is 4.85. The zero-order chi connectivity index (χ0) is 12.3. The normalized spacial score (nSPS) is 18.7. The highest BCUT2D eigenvalue weighted by molar-refractivity contribution is 5.79. The predicted molar refractivity (Wildman–Crippen MR) is 58.9 cm³/mol. The Bertz CT molecular complexity index is 273. The van der Waals surface area contributed by atoms with E-state index in [0.717, 1.165) is 19.3 Å². The first-order valence-corrected chi connectivity index (χ1v) is 5.74. The van der Waals surface area contributed by atoms with Crippen LogP contribution in [0.5, 0.6) is 0 Å². The van der Waals surface area contributed by atoms with Crippen molar-refractivity contribution in [2.45, 2.75) is 52.1 Å². The van der Waals surface area contributed by atoms with Gasteiger partial charge in [-0.2, -0.15) is 0 Å². The molecule has 0 aliphatic heterocycles. The topological polar surface area (TPSA) is 63.6 Å². The van der Waals surface area contributed by atoms with Crippen molar-refractivity contribution in [3.63, 3.8) is 0 Å². The Kier molecular flexibility index (Phi) is 3.94. The Morgan fingerprint density at radius 2 is 1.94 bits per heavy atom. The van der Waals surface area contributed by atoms with Gasteiger partial charge in [0.15, 0.2) is 0 Å². The second-order valence-electron chi connectivity index (χ2n) is 5.43. The maximum absolute atomic E-state index is 11.8. The minimum atomic E-state index is -0.928. The molecule has 0 aromatic rings. The van der Waals surface area contributed by atoms with Crippen molar-refractivity contribution in [2.75, 3.05) is 0 Å². The number of aliphatic carboxylic acids is 1. The number of hydrogen-bond donors (Lipinski definition) is 1. The highest BCUT2D eigenvalue weighted by Gasteiger charge is 2.36. The van der Waals surface area contributed by atoms with E-state index < -0.39 is 17.5 Å². The minimum Gasteiger partial charge on any atom is -0.481 e. The predicted octanol–water partition coefficient (Wildman–Crippen LogP) is 2.22. The number of carbonyl (C=O) groups is 2. The van der Waals surface area contributed by atoms with Gasteiger partial charge in [-0.1, -0.05) is 6.42 Å². The SMILES string of the molecule is CC(C)(C)OC(=O)C(CC(=O)O)C1CCC1. The molecule has 1 rings (SSSR count). The van der Waals surface area contributed by atoms with Gasteiger partial charge in [0.1, 0.15) is 5.60 Å². The molecule has 0 aromatic carbocycles. The van der Waals surface area contributed by atoms with Gasteiger partial charge in [-0.05, 0) is 39.5 Å². The van der Waals surface area contributed by atoms with Crippen molar-refractivity contribution < 1.29 is 19.4 Å². The first-order chi connectivity index (χ1) is 7.29. The van der Waals surface area contributed by atoms with E-state index in [1.165, 1.54) is 0 Å². The van der Waals surface area contributed by atoms with Crippen LogP contribution in [0.2, 0.25) is 0 Å². The Morgan fingerprint density at radius 3 is 2.25 bits per heavy atom. The quantitative estimate of drug-likeness (QED) is 0.749. The standard InChI is InChI=1S/C12H20O4/c1-12(2,3)16-11(15)9(7-10(13)14)8-5-4-6-8/h8-9H,4-7H2,1-3H3,(H,13,14). The monoisotopic (exact) mass is 228 g/mol. The van der Waals surface area contributed by atoms with Crippen molar-refractivity contribution in [2.24, 2.45) is 11.8 Å². The van der Waals surface area contributed by atoms with Crippen LogP contribution in [0.15, 0.2) is 0 Å². The van der Waals surface area contributed by atoms with E-state index in [1.54, 1.807) is 20.8 Å². The molecule has 0 spiro atoms. The summed E-state index contributed by atoms with van der Waals surface area (Å²) in [5.41, 5.74) is -0.544. The zero-order valence-electron chi connectivity index (χ0n) is 10.2. The molecule has 4 nitrogen and oxygen atoms in total. The maximum atomic E-state index is 11.8. The zero-order valence-corrected chi connectivity index (χ0v) is 10.2. The molecule has 0 saturated heterocycles.